The first-order valence-corrected chi connectivity index (χ1v) is 11.8. The van der Waals surface area contributed by atoms with Gasteiger partial charge in [-0.15, -0.1) is 0 Å². The van der Waals surface area contributed by atoms with Crippen molar-refractivity contribution in [1.29, 1.82) is 0 Å². The van der Waals surface area contributed by atoms with E-state index >= 15 is 0 Å². The van der Waals surface area contributed by atoms with Gasteiger partial charge in [0.25, 0.3) is 0 Å². The number of nitrogens with zero attached hydrogens (tertiary/aromatic N) is 3. The van der Waals surface area contributed by atoms with Crippen LogP contribution >= 0.6 is 23.2 Å². The highest BCUT2D eigenvalue weighted by Crippen LogP contribution is 2.28. The van der Waals surface area contributed by atoms with E-state index < -0.39 is 5.60 Å². The van der Waals surface area contributed by atoms with Gasteiger partial charge in [-0.3, -0.25) is 9.69 Å². The van der Waals surface area contributed by atoms with Gasteiger partial charge in [0.2, 0.25) is 5.91 Å². The van der Waals surface area contributed by atoms with Crippen LogP contribution in [0.1, 0.15) is 25.1 Å². The van der Waals surface area contributed by atoms with Gasteiger partial charge < -0.3 is 19.7 Å². The molecule has 1 aromatic heterocycles. The number of benzene rings is 2. The maximum Gasteiger partial charge on any atom is 0.234 e. The van der Waals surface area contributed by atoms with Gasteiger partial charge in [-0.1, -0.05) is 35.3 Å². The topological polar surface area (TPSA) is 79.6 Å². The van der Waals surface area contributed by atoms with Crippen molar-refractivity contribution in [2.45, 2.75) is 31.4 Å². The van der Waals surface area contributed by atoms with Crippen LogP contribution in [0.3, 0.4) is 0 Å². The minimum absolute atomic E-state index is 0.0560. The number of rotatable bonds is 7. The van der Waals surface area contributed by atoms with E-state index in [9.17, 15) is 9.90 Å². The van der Waals surface area contributed by atoms with Crippen LogP contribution in [-0.2, 0) is 18.4 Å². The van der Waals surface area contributed by atoms with Gasteiger partial charge in [-0.25, -0.2) is 4.98 Å². The highest BCUT2D eigenvalue weighted by Gasteiger charge is 2.31. The molecule has 7 nitrogen and oxygen atoms in total. The van der Waals surface area contributed by atoms with Crippen molar-refractivity contribution in [3.05, 3.63) is 58.3 Å². The molecule has 2 heterocycles. The number of nitrogens with one attached hydrogen (secondary N) is 1. The fraction of sp³-hybridized carbons (Fsp3) is 0.417. The highest BCUT2D eigenvalue weighted by atomic mass is 35.5. The third-order valence-electron chi connectivity index (χ3n) is 6.10. The normalized spacial score (nSPS) is 19.4. The second kappa shape index (κ2) is 10.3. The maximum absolute atomic E-state index is 12.6. The Balaban J connectivity index is 1.26. The number of fused-ring (bicyclic) bond motifs is 1. The zero-order valence-corrected chi connectivity index (χ0v) is 20.1. The predicted octanol–water partition coefficient (Wildman–Crippen LogP) is 3.79. The molecule has 0 bridgehead atoms. The van der Waals surface area contributed by atoms with Crippen LogP contribution in [0.5, 0.6) is 5.75 Å². The number of amides is 1. The zero-order valence-electron chi connectivity index (χ0n) is 18.6. The summed E-state index contributed by atoms with van der Waals surface area (Å²) in [6, 6.07) is 12.9. The summed E-state index contributed by atoms with van der Waals surface area (Å²) in [5.41, 5.74) is 1.00. The summed E-state index contributed by atoms with van der Waals surface area (Å²) in [6.07, 6.45) is 1.90. The number of ether oxygens (including phenoxy) is 1. The first kappa shape index (κ1) is 23.8. The van der Waals surface area contributed by atoms with Crippen molar-refractivity contribution in [1.82, 2.24) is 19.8 Å². The molecule has 9 heteroatoms. The molecule has 1 aliphatic rings. The smallest absolute Gasteiger partial charge is 0.234 e. The molecule has 1 fully saturated rings. The molecule has 0 saturated carbocycles. The van der Waals surface area contributed by atoms with Gasteiger partial charge in [0.15, 0.2) is 0 Å². The van der Waals surface area contributed by atoms with Crippen LogP contribution in [0.4, 0.5) is 0 Å². The van der Waals surface area contributed by atoms with E-state index in [1.807, 2.05) is 35.9 Å². The van der Waals surface area contributed by atoms with E-state index in [2.05, 4.69) is 15.2 Å². The molecule has 2 aromatic carbocycles. The Morgan fingerprint density at radius 3 is 2.79 bits per heavy atom. The first-order chi connectivity index (χ1) is 15.8. The van der Waals surface area contributed by atoms with Crippen LogP contribution in [0.25, 0.3) is 11.0 Å². The standard InChI is InChI=1S/C24H28Cl2N4O3/c1-29-21-6-3-2-5-20(21)28-22(29)14-27-23(31)15-30-11-4-9-24(32,10-12-30)16-33-17-7-8-18(25)19(26)13-17/h2-3,5-8,13,32H,4,9-12,14-16H2,1H3,(H,27,31)/t24-/m0/s1. The van der Waals surface area contributed by atoms with Crippen LogP contribution < -0.4 is 10.1 Å². The molecule has 0 radical (unpaired) electrons. The number of likely N-dealkylation sites (tertiary alicyclic amines) is 1. The Labute approximate surface area is 203 Å². The quantitative estimate of drug-likeness (QED) is 0.526. The van der Waals surface area contributed by atoms with Crippen molar-refractivity contribution in [3.8, 4) is 5.75 Å². The molecule has 1 saturated heterocycles. The summed E-state index contributed by atoms with van der Waals surface area (Å²) in [7, 11) is 1.95. The largest absolute Gasteiger partial charge is 0.491 e. The lowest BCUT2D eigenvalue weighted by Crippen LogP contribution is -2.40. The second-order valence-corrected chi connectivity index (χ2v) is 9.39. The third kappa shape index (κ3) is 5.98. The maximum atomic E-state index is 12.6. The van der Waals surface area contributed by atoms with E-state index in [4.69, 9.17) is 27.9 Å². The third-order valence-corrected chi connectivity index (χ3v) is 6.84. The lowest BCUT2D eigenvalue weighted by atomic mass is 9.96. The summed E-state index contributed by atoms with van der Waals surface area (Å²) in [4.78, 5) is 19.2. The molecule has 1 aliphatic heterocycles. The Morgan fingerprint density at radius 2 is 2.00 bits per heavy atom. The number of aryl methyl sites for hydroxylation is 1. The van der Waals surface area contributed by atoms with Crippen molar-refractivity contribution in [3.63, 3.8) is 0 Å². The van der Waals surface area contributed by atoms with Crippen molar-refractivity contribution < 1.29 is 14.6 Å². The lowest BCUT2D eigenvalue weighted by Gasteiger charge is -2.27. The summed E-state index contributed by atoms with van der Waals surface area (Å²) in [6.45, 7) is 2.18. The Hall–Kier alpha value is -2.32. The monoisotopic (exact) mass is 490 g/mol. The molecule has 33 heavy (non-hydrogen) atoms. The van der Waals surface area contributed by atoms with E-state index in [-0.39, 0.29) is 19.1 Å². The van der Waals surface area contributed by atoms with Crippen LogP contribution in [0.2, 0.25) is 10.0 Å². The highest BCUT2D eigenvalue weighted by molar-refractivity contribution is 6.42. The molecule has 1 amide bonds. The van der Waals surface area contributed by atoms with E-state index in [0.29, 0.717) is 41.7 Å². The molecule has 0 aliphatic carbocycles. The van der Waals surface area contributed by atoms with Crippen LogP contribution in [-0.4, -0.2) is 57.3 Å². The number of imidazole rings is 1. The van der Waals surface area contributed by atoms with E-state index in [1.165, 1.54) is 0 Å². The fourth-order valence-corrected chi connectivity index (χ4v) is 4.40. The van der Waals surface area contributed by atoms with Crippen LogP contribution in [0.15, 0.2) is 42.5 Å². The van der Waals surface area contributed by atoms with E-state index in [1.54, 1.807) is 18.2 Å². The summed E-state index contributed by atoms with van der Waals surface area (Å²) in [5.74, 6) is 1.33. The summed E-state index contributed by atoms with van der Waals surface area (Å²) >= 11 is 12.0. The zero-order chi connectivity index (χ0) is 23.4. The molecule has 0 unspecified atom stereocenters. The minimum atomic E-state index is -0.954. The molecular formula is C24H28Cl2N4O3. The van der Waals surface area contributed by atoms with Gasteiger partial charge in [-0.05, 0) is 50.1 Å². The number of hydrogen-bond donors (Lipinski definition) is 2. The Bertz CT molecular complexity index is 1140. The molecule has 176 valence electrons. The minimum Gasteiger partial charge on any atom is -0.491 e. The van der Waals surface area contributed by atoms with Gasteiger partial charge >= 0.3 is 0 Å². The Kier molecular flexibility index (Phi) is 7.44. The number of carbonyl (C=O) groups excluding carboxylic acids is 1. The molecule has 3 aromatic rings. The SMILES string of the molecule is Cn1c(CNC(=O)CN2CCC[C@@](O)(COc3ccc(Cl)c(Cl)c3)CC2)nc2ccccc21. The van der Waals surface area contributed by atoms with Gasteiger partial charge in [0.05, 0.1) is 39.8 Å². The molecule has 1 atom stereocenters. The fourth-order valence-electron chi connectivity index (χ4n) is 4.11. The van der Waals surface area contributed by atoms with E-state index in [0.717, 1.165) is 29.8 Å². The van der Waals surface area contributed by atoms with Crippen LogP contribution in [0, 0.1) is 0 Å². The average molecular weight is 491 g/mol. The Morgan fingerprint density at radius 1 is 1.18 bits per heavy atom. The number of aliphatic hydroxyl groups is 1. The molecule has 4 rings (SSSR count). The number of halogens is 2. The number of carbonyl (C=O) groups is 1. The molecule has 0 spiro atoms. The van der Waals surface area contributed by atoms with Crippen molar-refractivity contribution in [2.75, 3.05) is 26.2 Å². The number of para-hydroxylation sites is 2. The first-order valence-electron chi connectivity index (χ1n) is 11.0. The van der Waals surface area contributed by atoms with Gasteiger partial charge in [0, 0.05) is 19.7 Å². The predicted molar refractivity (Wildman–Crippen MR) is 130 cm³/mol. The molecule has 2 N–H and O–H groups in total. The summed E-state index contributed by atoms with van der Waals surface area (Å²) < 4.78 is 7.78. The molecular weight excluding hydrogens is 463 g/mol. The second-order valence-electron chi connectivity index (χ2n) is 8.57. The van der Waals surface area contributed by atoms with Gasteiger partial charge in [-0.2, -0.15) is 0 Å². The summed E-state index contributed by atoms with van der Waals surface area (Å²) in [5, 5.41) is 14.9. The lowest BCUT2D eigenvalue weighted by molar-refractivity contribution is -0.122. The van der Waals surface area contributed by atoms with Crippen molar-refractivity contribution in [2.24, 2.45) is 7.05 Å². The average Bonchev–Trinajstić information content (AvgIpc) is 3.00. The number of aromatic nitrogens is 2. The van der Waals surface area contributed by atoms with Crippen molar-refractivity contribution >= 4 is 40.1 Å². The van der Waals surface area contributed by atoms with Gasteiger partial charge in [0.1, 0.15) is 18.2 Å². The number of hydrogen-bond acceptors (Lipinski definition) is 5.